The number of amides is 2. The summed E-state index contributed by atoms with van der Waals surface area (Å²) in [7, 11) is 0. The Morgan fingerprint density at radius 3 is 2.70 bits per heavy atom. The quantitative estimate of drug-likeness (QED) is 0.774. The second kappa shape index (κ2) is 7.03. The van der Waals surface area contributed by atoms with Gasteiger partial charge in [0.25, 0.3) is 11.8 Å². The van der Waals surface area contributed by atoms with Crippen molar-refractivity contribution < 1.29 is 9.59 Å². The Labute approximate surface area is 157 Å². The molecule has 0 saturated heterocycles. The minimum absolute atomic E-state index is 0.0794. The number of aryl methyl sites for hydroxylation is 1. The van der Waals surface area contributed by atoms with Crippen LogP contribution in [0.15, 0.2) is 67.0 Å². The van der Waals surface area contributed by atoms with Crippen molar-refractivity contribution in [1.82, 2.24) is 4.98 Å². The summed E-state index contributed by atoms with van der Waals surface area (Å²) in [6.45, 7) is 2.53. The van der Waals surface area contributed by atoms with Gasteiger partial charge in [0.2, 0.25) is 0 Å². The fourth-order valence-electron chi connectivity index (χ4n) is 3.34. The van der Waals surface area contributed by atoms with Crippen molar-refractivity contribution in [3.8, 4) is 0 Å². The lowest BCUT2D eigenvalue weighted by atomic mass is 10.1. The predicted octanol–water partition coefficient (Wildman–Crippen LogP) is 3.85. The first kappa shape index (κ1) is 17.0. The summed E-state index contributed by atoms with van der Waals surface area (Å²) in [5, 5.41) is 2.94. The molecule has 1 aliphatic rings. The molecule has 2 aromatic carbocycles. The Morgan fingerprint density at radius 2 is 1.93 bits per heavy atom. The minimum Gasteiger partial charge on any atom is -0.322 e. The Kier molecular flexibility index (Phi) is 4.42. The number of fused-ring (bicyclic) bond motifs is 1. The van der Waals surface area contributed by atoms with E-state index in [1.54, 1.807) is 35.5 Å². The average Bonchev–Trinajstić information content (AvgIpc) is 3.11. The van der Waals surface area contributed by atoms with Crippen LogP contribution in [0.3, 0.4) is 0 Å². The van der Waals surface area contributed by atoms with E-state index in [1.807, 2.05) is 43.3 Å². The number of anilines is 2. The van der Waals surface area contributed by atoms with Crippen LogP contribution >= 0.6 is 0 Å². The molecular weight excluding hydrogens is 338 g/mol. The normalized spacial score (nSPS) is 12.6. The molecule has 0 aliphatic carbocycles. The molecule has 5 heteroatoms. The molecular formula is C22H19N3O2. The molecule has 134 valence electrons. The zero-order chi connectivity index (χ0) is 18.8. The van der Waals surface area contributed by atoms with Gasteiger partial charge in [-0.15, -0.1) is 0 Å². The number of hydrogen-bond donors (Lipinski definition) is 1. The van der Waals surface area contributed by atoms with Gasteiger partial charge in [0.1, 0.15) is 0 Å². The van der Waals surface area contributed by atoms with Gasteiger partial charge in [-0.2, -0.15) is 0 Å². The van der Waals surface area contributed by atoms with Crippen molar-refractivity contribution in [3.05, 3.63) is 89.2 Å². The molecule has 0 spiro atoms. The maximum absolute atomic E-state index is 12.8. The van der Waals surface area contributed by atoms with Gasteiger partial charge in [-0.25, -0.2) is 0 Å². The summed E-state index contributed by atoms with van der Waals surface area (Å²) in [6.07, 6.45) is 4.02. The molecule has 0 bridgehead atoms. The van der Waals surface area contributed by atoms with Crippen LogP contribution in [0.25, 0.3) is 0 Å². The van der Waals surface area contributed by atoms with Crippen LogP contribution in [0, 0.1) is 6.92 Å². The number of pyridine rings is 1. The molecule has 2 heterocycles. The molecule has 0 atom stereocenters. The van der Waals surface area contributed by atoms with Crippen molar-refractivity contribution in [2.75, 3.05) is 16.8 Å². The standard InChI is InChI=1S/C22H19N3O2/c1-15-5-2-3-7-19(15)21(26)24-18-9-8-16-10-12-25(20(16)13-18)22(27)17-6-4-11-23-14-17/h2-9,11,13-14H,10,12H2,1H3,(H,24,26). The second-order valence-corrected chi connectivity index (χ2v) is 6.56. The molecule has 0 fully saturated rings. The molecule has 4 rings (SSSR count). The van der Waals surface area contributed by atoms with Crippen LogP contribution in [0.2, 0.25) is 0 Å². The zero-order valence-corrected chi connectivity index (χ0v) is 15.0. The number of aromatic nitrogens is 1. The molecule has 5 nitrogen and oxygen atoms in total. The summed E-state index contributed by atoms with van der Waals surface area (Å²) in [5.74, 6) is -0.236. The maximum Gasteiger partial charge on any atom is 0.259 e. The third-order valence-electron chi connectivity index (χ3n) is 4.78. The van der Waals surface area contributed by atoms with E-state index in [9.17, 15) is 9.59 Å². The minimum atomic E-state index is -0.156. The second-order valence-electron chi connectivity index (χ2n) is 6.56. The number of nitrogens with zero attached hydrogens (tertiary/aromatic N) is 2. The molecule has 0 radical (unpaired) electrons. The molecule has 1 aromatic heterocycles. The summed E-state index contributed by atoms with van der Waals surface area (Å²) in [5.41, 5.74) is 4.73. The third kappa shape index (κ3) is 3.31. The van der Waals surface area contributed by atoms with E-state index < -0.39 is 0 Å². The first-order valence-corrected chi connectivity index (χ1v) is 8.85. The topological polar surface area (TPSA) is 62.3 Å². The first-order valence-electron chi connectivity index (χ1n) is 8.85. The zero-order valence-electron chi connectivity index (χ0n) is 15.0. The Hall–Kier alpha value is -3.47. The van der Waals surface area contributed by atoms with Gasteiger partial charge in [-0.3, -0.25) is 14.6 Å². The highest BCUT2D eigenvalue weighted by molar-refractivity contribution is 6.08. The van der Waals surface area contributed by atoms with Crippen molar-refractivity contribution in [3.63, 3.8) is 0 Å². The van der Waals surface area contributed by atoms with Gasteiger partial charge in [0.05, 0.1) is 5.56 Å². The van der Waals surface area contributed by atoms with E-state index in [4.69, 9.17) is 0 Å². The number of carbonyl (C=O) groups is 2. The summed E-state index contributed by atoms with van der Waals surface area (Å²) >= 11 is 0. The Balaban J connectivity index is 1.59. The molecule has 0 unspecified atom stereocenters. The van der Waals surface area contributed by atoms with Gasteiger partial charge in [0, 0.05) is 35.9 Å². The number of nitrogens with one attached hydrogen (secondary N) is 1. The van der Waals surface area contributed by atoms with E-state index in [2.05, 4.69) is 10.3 Å². The van der Waals surface area contributed by atoms with Crippen LogP contribution < -0.4 is 10.2 Å². The molecule has 1 N–H and O–H groups in total. The Bertz CT molecular complexity index is 1020. The lowest BCUT2D eigenvalue weighted by Crippen LogP contribution is -2.29. The van der Waals surface area contributed by atoms with Crippen molar-refractivity contribution in [2.45, 2.75) is 13.3 Å². The number of benzene rings is 2. The third-order valence-corrected chi connectivity index (χ3v) is 4.78. The van der Waals surface area contributed by atoms with Crippen LogP contribution in [0.5, 0.6) is 0 Å². The highest BCUT2D eigenvalue weighted by Crippen LogP contribution is 2.32. The molecule has 1 aliphatic heterocycles. The number of hydrogen-bond acceptors (Lipinski definition) is 3. The van der Waals surface area contributed by atoms with E-state index in [1.165, 1.54) is 0 Å². The van der Waals surface area contributed by atoms with Crippen LogP contribution in [0.4, 0.5) is 11.4 Å². The number of carbonyl (C=O) groups excluding carboxylic acids is 2. The average molecular weight is 357 g/mol. The fraction of sp³-hybridized carbons (Fsp3) is 0.136. The largest absolute Gasteiger partial charge is 0.322 e. The summed E-state index contributed by atoms with van der Waals surface area (Å²) < 4.78 is 0. The van der Waals surface area contributed by atoms with Crippen LogP contribution in [-0.4, -0.2) is 23.3 Å². The van der Waals surface area contributed by atoms with Crippen molar-refractivity contribution in [1.29, 1.82) is 0 Å². The monoisotopic (exact) mass is 357 g/mol. The van der Waals surface area contributed by atoms with Gasteiger partial charge < -0.3 is 10.2 Å². The molecule has 2 amide bonds. The van der Waals surface area contributed by atoms with E-state index in [0.717, 1.165) is 23.2 Å². The highest BCUT2D eigenvalue weighted by atomic mass is 16.2. The lowest BCUT2D eigenvalue weighted by molar-refractivity contribution is 0.0987. The molecule has 3 aromatic rings. The van der Waals surface area contributed by atoms with Gasteiger partial charge >= 0.3 is 0 Å². The van der Waals surface area contributed by atoms with Crippen LogP contribution in [0.1, 0.15) is 31.8 Å². The lowest BCUT2D eigenvalue weighted by Gasteiger charge is -2.18. The van der Waals surface area contributed by atoms with E-state index in [0.29, 0.717) is 23.4 Å². The fourth-order valence-corrected chi connectivity index (χ4v) is 3.34. The predicted molar refractivity (Wildman–Crippen MR) is 105 cm³/mol. The number of rotatable bonds is 3. The Morgan fingerprint density at radius 1 is 1.07 bits per heavy atom. The van der Waals surface area contributed by atoms with Crippen molar-refractivity contribution >= 4 is 23.2 Å². The molecule has 0 saturated carbocycles. The van der Waals surface area contributed by atoms with E-state index >= 15 is 0 Å². The van der Waals surface area contributed by atoms with Crippen molar-refractivity contribution in [2.24, 2.45) is 0 Å². The molecule has 27 heavy (non-hydrogen) atoms. The maximum atomic E-state index is 12.8. The first-order chi connectivity index (χ1) is 13.1. The summed E-state index contributed by atoms with van der Waals surface area (Å²) in [4.78, 5) is 31.2. The van der Waals surface area contributed by atoms with E-state index in [-0.39, 0.29) is 11.8 Å². The smallest absolute Gasteiger partial charge is 0.259 e. The van der Waals surface area contributed by atoms with Gasteiger partial charge in [0.15, 0.2) is 0 Å². The highest BCUT2D eigenvalue weighted by Gasteiger charge is 2.26. The van der Waals surface area contributed by atoms with Crippen LogP contribution in [-0.2, 0) is 6.42 Å². The van der Waals surface area contributed by atoms with Gasteiger partial charge in [-0.05, 0) is 54.8 Å². The summed E-state index contributed by atoms with van der Waals surface area (Å²) in [6, 6.07) is 16.7. The van der Waals surface area contributed by atoms with Gasteiger partial charge in [-0.1, -0.05) is 24.3 Å². The SMILES string of the molecule is Cc1ccccc1C(=O)Nc1ccc2c(c1)N(C(=O)c1cccnc1)CC2.